The van der Waals surface area contributed by atoms with Crippen LogP contribution in [0.4, 0.5) is 0 Å². The molecule has 7 heteroatoms. The van der Waals surface area contributed by atoms with Crippen LogP contribution >= 0.6 is 11.6 Å². The number of nitrogens with zero attached hydrogens (tertiary/aromatic N) is 4. The van der Waals surface area contributed by atoms with Crippen molar-refractivity contribution in [2.24, 2.45) is 0 Å². The van der Waals surface area contributed by atoms with Crippen molar-refractivity contribution in [3.63, 3.8) is 0 Å². The van der Waals surface area contributed by atoms with E-state index in [4.69, 9.17) is 16.1 Å². The SMILES string of the molecule is CCN(CC)C(=O)CN1CCN(Cc2cc(-c3ccc(Cl)cc3)no2)CC1. The maximum Gasteiger partial charge on any atom is 0.236 e. The van der Waals surface area contributed by atoms with Crippen molar-refractivity contribution >= 4 is 17.5 Å². The van der Waals surface area contributed by atoms with Crippen molar-refractivity contribution < 1.29 is 9.32 Å². The lowest BCUT2D eigenvalue weighted by Gasteiger charge is -2.34. The van der Waals surface area contributed by atoms with E-state index in [1.165, 1.54) is 0 Å². The van der Waals surface area contributed by atoms with Gasteiger partial charge in [0.25, 0.3) is 0 Å². The molecule has 1 amide bonds. The lowest BCUT2D eigenvalue weighted by atomic mass is 10.1. The molecule has 0 atom stereocenters. The molecule has 6 nitrogen and oxygen atoms in total. The van der Waals surface area contributed by atoms with Gasteiger partial charge in [0.2, 0.25) is 5.91 Å². The van der Waals surface area contributed by atoms with Crippen LogP contribution < -0.4 is 0 Å². The first-order chi connectivity index (χ1) is 13.1. The van der Waals surface area contributed by atoms with Gasteiger partial charge < -0.3 is 9.42 Å². The maximum absolute atomic E-state index is 12.2. The van der Waals surface area contributed by atoms with Gasteiger partial charge in [-0.25, -0.2) is 0 Å². The van der Waals surface area contributed by atoms with Crippen LogP contribution in [0, 0.1) is 0 Å². The highest BCUT2D eigenvalue weighted by Gasteiger charge is 2.21. The Morgan fingerprint density at radius 1 is 1.11 bits per heavy atom. The van der Waals surface area contributed by atoms with Gasteiger partial charge in [0, 0.05) is 55.9 Å². The standard InChI is InChI=1S/C20H27ClN4O2/c1-3-25(4-2)20(26)15-24-11-9-23(10-12-24)14-18-13-19(22-27-18)16-5-7-17(21)8-6-16/h5-8,13H,3-4,9-12,14-15H2,1-2H3. The monoisotopic (exact) mass is 390 g/mol. The van der Waals surface area contributed by atoms with E-state index in [1.807, 2.05) is 49.1 Å². The van der Waals surface area contributed by atoms with Crippen molar-refractivity contribution in [3.05, 3.63) is 41.1 Å². The van der Waals surface area contributed by atoms with E-state index < -0.39 is 0 Å². The number of amides is 1. The zero-order valence-corrected chi connectivity index (χ0v) is 16.8. The minimum atomic E-state index is 0.219. The van der Waals surface area contributed by atoms with Crippen molar-refractivity contribution in [3.8, 4) is 11.3 Å². The Labute approximate surface area is 165 Å². The van der Waals surface area contributed by atoms with Gasteiger partial charge in [-0.15, -0.1) is 0 Å². The Bertz CT molecular complexity index is 735. The minimum absolute atomic E-state index is 0.219. The highest BCUT2D eigenvalue weighted by Crippen LogP contribution is 2.22. The van der Waals surface area contributed by atoms with Gasteiger partial charge >= 0.3 is 0 Å². The predicted molar refractivity (Wildman–Crippen MR) is 107 cm³/mol. The molecule has 0 unspecified atom stereocenters. The third-order valence-electron chi connectivity index (χ3n) is 5.02. The molecule has 0 spiro atoms. The Balaban J connectivity index is 1.48. The van der Waals surface area contributed by atoms with Crippen LogP contribution in [-0.4, -0.2) is 71.6 Å². The molecule has 146 valence electrons. The summed E-state index contributed by atoms with van der Waals surface area (Å²) in [5, 5.41) is 4.88. The third-order valence-corrected chi connectivity index (χ3v) is 5.27. The first kappa shape index (κ1) is 19.9. The lowest BCUT2D eigenvalue weighted by Crippen LogP contribution is -2.49. The zero-order valence-electron chi connectivity index (χ0n) is 16.0. The molecule has 0 radical (unpaired) electrons. The second-order valence-electron chi connectivity index (χ2n) is 6.80. The van der Waals surface area contributed by atoms with Crippen molar-refractivity contribution in [2.45, 2.75) is 20.4 Å². The fraction of sp³-hybridized carbons (Fsp3) is 0.500. The number of rotatable bonds is 7. The maximum atomic E-state index is 12.2. The minimum Gasteiger partial charge on any atom is -0.359 e. The number of piperazine rings is 1. The molecule has 0 N–H and O–H groups in total. The number of likely N-dealkylation sites (N-methyl/N-ethyl adjacent to an activating group) is 1. The summed E-state index contributed by atoms with van der Waals surface area (Å²) in [5.74, 6) is 1.07. The lowest BCUT2D eigenvalue weighted by molar-refractivity contribution is -0.132. The van der Waals surface area contributed by atoms with Crippen molar-refractivity contribution in [1.82, 2.24) is 19.9 Å². The topological polar surface area (TPSA) is 52.8 Å². The summed E-state index contributed by atoms with van der Waals surface area (Å²) in [4.78, 5) is 18.7. The number of carbonyl (C=O) groups excluding carboxylic acids is 1. The van der Waals surface area contributed by atoms with Crippen molar-refractivity contribution in [2.75, 3.05) is 45.8 Å². The quantitative estimate of drug-likeness (QED) is 0.727. The Hall–Kier alpha value is -1.89. The summed E-state index contributed by atoms with van der Waals surface area (Å²) in [6, 6.07) is 9.57. The molecule has 1 aliphatic rings. The number of carbonyl (C=O) groups is 1. The van der Waals surface area contributed by atoms with Crippen LogP contribution in [0.1, 0.15) is 19.6 Å². The van der Waals surface area contributed by atoms with Crippen LogP contribution in [0.3, 0.4) is 0 Å². The molecule has 1 fully saturated rings. The van der Waals surface area contributed by atoms with E-state index in [9.17, 15) is 4.79 Å². The molecule has 0 bridgehead atoms. The first-order valence-corrected chi connectivity index (χ1v) is 9.90. The van der Waals surface area contributed by atoms with Gasteiger partial charge in [-0.05, 0) is 26.0 Å². The molecule has 2 heterocycles. The van der Waals surface area contributed by atoms with E-state index in [-0.39, 0.29) is 5.91 Å². The summed E-state index contributed by atoms with van der Waals surface area (Å²) in [6.45, 7) is 10.5. The third kappa shape index (κ3) is 5.31. The van der Waals surface area contributed by atoms with Gasteiger partial charge in [0.15, 0.2) is 5.76 Å². The Morgan fingerprint density at radius 2 is 1.74 bits per heavy atom. The van der Waals surface area contributed by atoms with E-state index in [0.29, 0.717) is 11.6 Å². The molecule has 1 saturated heterocycles. The molecule has 0 aliphatic carbocycles. The average molecular weight is 391 g/mol. The fourth-order valence-electron chi connectivity index (χ4n) is 3.34. The van der Waals surface area contributed by atoms with Crippen LogP contribution in [0.5, 0.6) is 0 Å². The Morgan fingerprint density at radius 3 is 2.37 bits per heavy atom. The van der Waals surface area contributed by atoms with Crippen LogP contribution in [0.25, 0.3) is 11.3 Å². The number of hydrogen-bond donors (Lipinski definition) is 0. The van der Waals surface area contributed by atoms with Gasteiger partial charge in [-0.3, -0.25) is 14.6 Å². The highest BCUT2D eigenvalue weighted by atomic mass is 35.5. The van der Waals surface area contributed by atoms with E-state index in [1.54, 1.807) is 0 Å². The zero-order chi connectivity index (χ0) is 19.2. The fourth-order valence-corrected chi connectivity index (χ4v) is 3.46. The van der Waals surface area contributed by atoms with E-state index in [2.05, 4.69) is 15.0 Å². The number of hydrogen-bond acceptors (Lipinski definition) is 5. The average Bonchev–Trinajstić information content (AvgIpc) is 3.13. The van der Waals surface area contributed by atoms with Gasteiger partial charge in [-0.2, -0.15) is 0 Å². The number of aromatic nitrogens is 1. The second kappa shape index (κ2) is 9.35. The van der Waals surface area contributed by atoms with E-state index >= 15 is 0 Å². The molecular formula is C20H27ClN4O2. The summed E-state index contributed by atoms with van der Waals surface area (Å²) in [7, 11) is 0. The van der Waals surface area contributed by atoms with Crippen LogP contribution in [0.2, 0.25) is 5.02 Å². The number of halogens is 1. The summed E-state index contributed by atoms with van der Waals surface area (Å²) >= 11 is 5.93. The van der Waals surface area contributed by atoms with Gasteiger partial charge in [0.05, 0.1) is 13.1 Å². The summed E-state index contributed by atoms with van der Waals surface area (Å²) in [6.07, 6.45) is 0. The predicted octanol–water partition coefficient (Wildman–Crippen LogP) is 2.98. The molecular weight excluding hydrogens is 364 g/mol. The molecule has 0 saturated carbocycles. The van der Waals surface area contributed by atoms with Crippen molar-refractivity contribution in [1.29, 1.82) is 0 Å². The molecule has 1 aliphatic heterocycles. The molecule has 2 aromatic rings. The Kier molecular flexibility index (Phi) is 6.88. The largest absolute Gasteiger partial charge is 0.359 e. The van der Waals surface area contributed by atoms with Gasteiger partial charge in [-0.1, -0.05) is 28.9 Å². The van der Waals surface area contributed by atoms with E-state index in [0.717, 1.165) is 62.8 Å². The summed E-state index contributed by atoms with van der Waals surface area (Å²) in [5.41, 5.74) is 1.82. The molecule has 1 aromatic heterocycles. The van der Waals surface area contributed by atoms with Crippen LogP contribution in [-0.2, 0) is 11.3 Å². The molecule has 27 heavy (non-hydrogen) atoms. The second-order valence-corrected chi connectivity index (χ2v) is 7.24. The van der Waals surface area contributed by atoms with Crippen LogP contribution in [0.15, 0.2) is 34.9 Å². The molecule has 3 rings (SSSR count). The first-order valence-electron chi connectivity index (χ1n) is 9.53. The molecule has 1 aromatic carbocycles. The highest BCUT2D eigenvalue weighted by molar-refractivity contribution is 6.30. The number of benzene rings is 1. The van der Waals surface area contributed by atoms with Gasteiger partial charge in [0.1, 0.15) is 5.69 Å². The normalized spacial score (nSPS) is 15.8. The summed E-state index contributed by atoms with van der Waals surface area (Å²) < 4.78 is 5.50. The smallest absolute Gasteiger partial charge is 0.236 e.